The molecule has 0 aromatic carbocycles. The molecule has 9 atom stereocenters. The molecule has 0 bridgehead atoms. The van der Waals surface area contributed by atoms with E-state index in [1.54, 1.807) is 18.9 Å². The van der Waals surface area contributed by atoms with Crippen LogP contribution in [0.1, 0.15) is 26.7 Å². The highest BCUT2D eigenvalue weighted by Crippen LogP contribution is 2.38. The monoisotopic (exact) mass is 543 g/mol. The van der Waals surface area contributed by atoms with Crippen molar-refractivity contribution in [3.05, 3.63) is 0 Å². The van der Waals surface area contributed by atoms with Crippen molar-refractivity contribution in [3.8, 4) is 0 Å². The third kappa shape index (κ3) is 5.83. The number of fused-ring (bicyclic) bond motifs is 1. The van der Waals surface area contributed by atoms with Gasteiger partial charge in [-0.1, -0.05) is 6.92 Å². The van der Waals surface area contributed by atoms with Crippen LogP contribution >= 0.6 is 23.4 Å². The van der Waals surface area contributed by atoms with Gasteiger partial charge in [0.05, 0.1) is 17.5 Å². The Morgan fingerprint density at radius 2 is 1.78 bits per heavy atom. The summed E-state index contributed by atoms with van der Waals surface area (Å²) in [6, 6.07) is 0.546. The van der Waals surface area contributed by atoms with Crippen molar-refractivity contribution in [2.24, 2.45) is 23.7 Å². The third-order valence-corrected chi connectivity index (χ3v) is 10.3. The van der Waals surface area contributed by atoms with Crippen LogP contribution in [0.15, 0.2) is 0 Å². The number of nitrogens with one attached hydrogen (secondary N) is 6. The Balaban J connectivity index is 1.15. The second kappa shape index (κ2) is 11.6. The van der Waals surface area contributed by atoms with Crippen molar-refractivity contribution >= 4 is 35.2 Å². The first-order chi connectivity index (χ1) is 17.3. The Morgan fingerprint density at radius 1 is 1.00 bits per heavy atom. The van der Waals surface area contributed by atoms with Gasteiger partial charge in [-0.2, -0.15) is 0 Å². The second-order valence-corrected chi connectivity index (χ2v) is 13.2. The standard InChI is InChI=1S/C24H42ClN7O3S/c1-12-6-28-21(29-7-12)23(34)32-10-17-19(11-32)36-24(30-17)31-22(33)16-8-26-13(2)4-14(16)15-5-20(25)27-9-18(15)35-3/h12-21,24,26-30H,4-11H2,1-3H3,(H,31,33). The summed E-state index contributed by atoms with van der Waals surface area (Å²) in [6.45, 7) is 8.82. The van der Waals surface area contributed by atoms with Crippen LogP contribution in [0.5, 0.6) is 0 Å². The molecule has 9 unspecified atom stereocenters. The normalized spacial score (nSPS) is 45.3. The lowest BCUT2D eigenvalue weighted by molar-refractivity contribution is -0.134. The maximum Gasteiger partial charge on any atom is 0.254 e. The van der Waals surface area contributed by atoms with Crippen LogP contribution in [0, 0.1) is 23.7 Å². The molecule has 204 valence electrons. The fourth-order valence-corrected chi connectivity index (χ4v) is 8.29. The first-order valence-electron chi connectivity index (χ1n) is 13.4. The predicted molar refractivity (Wildman–Crippen MR) is 141 cm³/mol. The molecular weight excluding hydrogens is 502 g/mol. The van der Waals surface area contributed by atoms with Crippen LogP contribution in [0.4, 0.5) is 0 Å². The summed E-state index contributed by atoms with van der Waals surface area (Å²) >= 11 is 8.20. The number of halogens is 1. The van der Waals surface area contributed by atoms with Gasteiger partial charge in [0.15, 0.2) is 0 Å². The minimum Gasteiger partial charge on any atom is -0.380 e. The number of nitrogens with zero attached hydrogens (tertiary/aromatic N) is 1. The fourth-order valence-electron chi connectivity index (χ4n) is 6.59. The molecule has 5 aliphatic rings. The summed E-state index contributed by atoms with van der Waals surface area (Å²) in [4.78, 5) is 28.4. The molecule has 12 heteroatoms. The van der Waals surface area contributed by atoms with Gasteiger partial charge in [-0.15, -0.1) is 23.4 Å². The predicted octanol–water partition coefficient (Wildman–Crippen LogP) is -0.739. The van der Waals surface area contributed by atoms with Crippen LogP contribution in [-0.4, -0.2) is 104 Å². The van der Waals surface area contributed by atoms with E-state index in [1.165, 1.54) is 0 Å². The van der Waals surface area contributed by atoms with E-state index < -0.39 is 0 Å². The Labute approximate surface area is 223 Å². The molecule has 10 nitrogen and oxygen atoms in total. The summed E-state index contributed by atoms with van der Waals surface area (Å²) in [5.74, 6) is 1.07. The van der Waals surface area contributed by atoms with E-state index in [0.717, 1.165) is 25.9 Å². The minimum atomic E-state index is -0.294. The second-order valence-electron chi connectivity index (χ2n) is 11.3. The van der Waals surface area contributed by atoms with Crippen LogP contribution in [0.3, 0.4) is 0 Å². The number of piperidine rings is 2. The van der Waals surface area contributed by atoms with Gasteiger partial charge in [-0.25, -0.2) is 0 Å². The third-order valence-electron chi connectivity index (χ3n) is 8.63. The lowest BCUT2D eigenvalue weighted by Crippen LogP contribution is -2.60. The average molecular weight is 544 g/mol. The highest BCUT2D eigenvalue weighted by Gasteiger charge is 2.47. The van der Waals surface area contributed by atoms with Gasteiger partial charge >= 0.3 is 0 Å². The quantitative estimate of drug-likeness (QED) is 0.197. The first-order valence-corrected chi connectivity index (χ1v) is 14.8. The highest BCUT2D eigenvalue weighted by atomic mass is 35.5. The fraction of sp³-hybridized carbons (Fsp3) is 0.917. The van der Waals surface area contributed by atoms with Crippen molar-refractivity contribution in [1.29, 1.82) is 0 Å². The Bertz CT molecular complexity index is 790. The largest absolute Gasteiger partial charge is 0.380 e. The number of carbonyl (C=O) groups is 2. The van der Waals surface area contributed by atoms with E-state index in [9.17, 15) is 9.59 Å². The molecule has 0 aliphatic carbocycles. The molecule has 2 amide bonds. The number of thioether (sulfide) groups is 1. The van der Waals surface area contributed by atoms with Crippen LogP contribution in [0.2, 0.25) is 0 Å². The number of carbonyl (C=O) groups excluding carboxylic acids is 2. The van der Waals surface area contributed by atoms with Crippen molar-refractivity contribution in [1.82, 2.24) is 36.8 Å². The molecule has 0 aromatic heterocycles. The molecule has 5 fully saturated rings. The molecule has 0 saturated carbocycles. The molecule has 0 aromatic rings. The molecule has 36 heavy (non-hydrogen) atoms. The average Bonchev–Trinajstić information content (AvgIpc) is 3.42. The van der Waals surface area contributed by atoms with Gasteiger partial charge in [0.25, 0.3) is 5.91 Å². The number of methoxy groups -OCH3 is 1. The van der Waals surface area contributed by atoms with Crippen molar-refractivity contribution in [3.63, 3.8) is 0 Å². The number of hydrogen-bond acceptors (Lipinski definition) is 9. The van der Waals surface area contributed by atoms with Gasteiger partial charge in [0.1, 0.15) is 11.7 Å². The summed E-state index contributed by atoms with van der Waals surface area (Å²) in [5.41, 5.74) is -0.224. The SMILES string of the molecule is COC1CNC(Cl)CC1C1CC(C)NCC1C(=O)NC1NC2CN(C(=O)C3NCC(C)CN3)CC2S1. The van der Waals surface area contributed by atoms with E-state index in [4.69, 9.17) is 16.3 Å². The summed E-state index contributed by atoms with van der Waals surface area (Å²) in [6.07, 6.45) is 1.50. The highest BCUT2D eigenvalue weighted by molar-refractivity contribution is 8.00. The van der Waals surface area contributed by atoms with Crippen LogP contribution in [-0.2, 0) is 14.3 Å². The molecule has 5 aliphatic heterocycles. The van der Waals surface area contributed by atoms with Gasteiger partial charge in [0.2, 0.25) is 5.91 Å². The van der Waals surface area contributed by atoms with E-state index >= 15 is 0 Å². The van der Waals surface area contributed by atoms with Crippen molar-refractivity contribution in [2.45, 2.75) is 67.3 Å². The smallest absolute Gasteiger partial charge is 0.254 e. The van der Waals surface area contributed by atoms with Gasteiger partial charge < -0.3 is 20.3 Å². The molecule has 0 spiro atoms. The molecule has 5 saturated heterocycles. The lowest BCUT2D eigenvalue weighted by Gasteiger charge is -2.45. The summed E-state index contributed by atoms with van der Waals surface area (Å²) < 4.78 is 5.80. The zero-order valence-corrected chi connectivity index (χ0v) is 23.0. The van der Waals surface area contributed by atoms with E-state index in [1.807, 2.05) is 4.90 Å². The Kier molecular flexibility index (Phi) is 8.68. The maximum atomic E-state index is 13.5. The number of hydrogen-bond donors (Lipinski definition) is 6. The van der Waals surface area contributed by atoms with Crippen molar-refractivity contribution < 1.29 is 14.3 Å². The molecule has 5 heterocycles. The lowest BCUT2D eigenvalue weighted by atomic mass is 9.70. The zero-order valence-electron chi connectivity index (χ0n) is 21.5. The minimum absolute atomic E-state index is 0.0591. The van der Waals surface area contributed by atoms with Crippen LogP contribution < -0.4 is 31.9 Å². The van der Waals surface area contributed by atoms with Gasteiger partial charge in [-0.05, 0) is 37.5 Å². The van der Waals surface area contributed by atoms with Crippen LogP contribution in [0.25, 0.3) is 0 Å². The van der Waals surface area contributed by atoms with E-state index in [0.29, 0.717) is 38.1 Å². The van der Waals surface area contributed by atoms with Gasteiger partial charge in [0, 0.05) is 63.7 Å². The first kappa shape index (κ1) is 26.9. The molecular formula is C24H42ClN7O3S. The van der Waals surface area contributed by atoms with E-state index in [2.05, 4.69) is 45.7 Å². The van der Waals surface area contributed by atoms with Crippen molar-refractivity contribution in [2.75, 3.05) is 46.4 Å². The summed E-state index contributed by atoms with van der Waals surface area (Å²) in [5, 5.41) is 20.6. The molecule has 6 N–H and O–H groups in total. The molecule has 0 radical (unpaired) electrons. The Hall–Kier alpha value is -0.660. The molecule has 5 rings (SSSR count). The topological polar surface area (TPSA) is 119 Å². The Morgan fingerprint density at radius 3 is 2.50 bits per heavy atom. The number of rotatable bonds is 5. The number of ether oxygens (including phenoxy) is 1. The van der Waals surface area contributed by atoms with E-state index in [-0.39, 0.29) is 64.1 Å². The summed E-state index contributed by atoms with van der Waals surface area (Å²) in [7, 11) is 1.75. The number of likely N-dealkylation sites (tertiary alicyclic amines) is 1. The maximum absolute atomic E-state index is 13.5. The zero-order chi connectivity index (χ0) is 25.4. The van der Waals surface area contributed by atoms with Gasteiger partial charge in [-0.3, -0.25) is 30.9 Å². The number of amides is 2. The number of alkyl halides is 1.